The van der Waals surface area contributed by atoms with Crippen molar-refractivity contribution in [2.75, 3.05) is 12.8 Å². The minimum atomic E-state index is -0.562. The smallest absolute Gasteiger partial charge is 0.252 e. The van der Waals surface area contributed by atoms with Gasteiger partial charge in [0.05, 0.1) is 18.4 Å². The number of halogens is 2. The molecule has 0 aliphatic rings. The Labute approximate surface area is 130 Å². The Morgan fingerprint density at radius 3 is 2.62 bits per heavy atom. The average Bonchev–Trinajstić information content (AvgIpc) is 2.49. The van der Waals surface area contributed by atoms with E-state index in [4.69, 9.17) is 10.5 Å². The van der Waals surface area contributed by atoms with Crippen LogP contribution >= 0.6 is 15.9 Å². The number of ether oxygens (including phenoxy) is 1. The molecule has 0 unspecified atom stereocenters. The van der Waals surface area contributed by atoms with Gasteiger partial charge in [-0.05, 0) is 45.8 Å². The topological polar surface area (TPSA) is 64.3 Å². The largest absolute Gasteiger partial charge is 0.497 e. The number of carbonyl (C=O) groups excluding carboxylic acids is 1. The van der Waals surface area contributed by atoms with E-state index in [0.29, 0.717) is 16.6 Å². The molecule has 0 aliphatic heterocycles. The number of nitrogen functional groups attached to an aromatic ring is 1. The quantitative estimate of drug-likeness (QED) is 0.831. The fourth-order valence-electron chi connectivity index (χ4n) is 1.76. The second kappa shape index (κ2) is 6.58. The highest BCUT2D eigenvalue weighted by Gasteiger charge is 2.13. The predicted molar refractivity (Wildman–Crippen MR) is 82.7 cm³/mol. The highest BCUT2D eigenvalue weighted by atomic mass is 79.9. The summed E-state index contributed by atoms with van der Waals surface area (Å²) in [5.41, 5.74) is 6.63. The van der Waals surface area contributed by atoms with Gasteiger partial charge in [-0.15, -0.1) is 0 Å². The maximum absolute atomic E-state index is 13.2. The Bertz CT molecular complexity index is 659. The van der Waals surface area contributed by atoms with E-state index in [9.17, 15) is 9.18 Å². The van der Waals surface area contributed by atoms with Crippen molar-refractivity contribution in [3.63, 3.8) is 0 Å². The third-order valence-electron chi connectivity index (χ3n) is 2.94. The lowest BCUT2D eigenvalue weighted by Gasteiger charge is -2.09. The van der Waals surface area contributed by atoms with Gasteiger partial charge in [0.15, 0.2) is 0 Å². The lowest BCUT2D eigenvalue weighted by atomic mass is 10.1. The van der Waals surface area contributed by atoms with Crippen molar-refractivity contribution in [3.05, 3.63) is 57.8 Å². The van der Waals surface area contributed by atoms with Gasteiger partial charge in [0.25, 0.3) is 5.91 Å². The molecule has 0 bridgehead atoms. The Kier molecular flexibility index (Phi) is 4.80. The lowest BCUT2D eigenvalue weighted by Crippen LogP contribution is -2.23. The molecule has 0 atom stereocenters. The van der Waals surface area contributed by atoms with Crippen LogP contribution in [0.1, 0.15) is 15.9 Å². The zero-order valence-electron chi connectivity index (χ0n) is 11.3. The summed E-state index contributed by atoms with van der Waals surface area (Å²) >= 11 is 3.15. The average molecular weight is 353 g/mol. The van der Waals surface area contributed by atoms with E-state index in [2.05, 4.69) is 21.2 Å². The van der Waals surface area contributed by atoms with E-state index in [0.717, 1.165) is 11.3 Å². The van der Waals surface area contributed by atoms with Crippen molar-refractivity contribution in [1.82, 2.24) is 5.32 Å². The third-order valence-corrected chi connectivity index (χ3v) is 3.60. The minimum absolute atomic E-state index is 0.0622. The summed E-state index contributed by atoms with van der Waals surface area (Å²) in [5, 5.41) is 2.75. The fourth-order valence-corrected chi connectivity index (χ4v) is 2.26. The number of anilines is 1. The molecular weight excluding hydrogens is 339 g/mol. The van der Waals surface area contributed by atoms with E-state index in [1.807, 2.05) is 24.3 Å². The Morgan fingerprint density at radius 1 is 1.33 bits per heavy atom. The molecule has 0 saturated heterocycles. The molecule has 0 heterocycles. The first-order chi connectivity index (χ1) is 10.0. The van der Waals surface area contributed by atoms with Crippen LogP contribution in [0.4, 0.5) is 10.1 Å². The summed E-state index contributed by atoms with van der Waals surface area (Å²) in [6.07, 6.45) is 0. The van der Waals surface area contributed by atoms with E-state index < -0.39 is 5.82 Å². The molecule has 3 N–H and O–H groups in total. The molecule has 1 amide bonds. The molecule has 0 saturated carbocycles. The lowest BCUT2D eigenvalue weighted by molar-refractivity contribution is 0.0950. The van der Waals surface area contributed by atoms with Crippen molar-refractivity contribution in [2.45, 2.75) is 6.54 Å². The predicted octanol–water partition coefficient (Wildman–Crippen LogP) is 3.11. The van der Waals surface area contributed by atoms with Crippen molar-refractivity contribution in [3.8, 4) is 5.75 Å². The van der Waals surface area contributed by atoms with Gasteiger partial charge in [-0.1, -0.05) is 12.1 Å². The van der Waals surface area contributed by atoms with Crippen LogP contribution in [-0.2, 0) is 6.54 Å². The summed E-state index contributed by atoms with van der Waals surface area (Å²) in [6.45, 7) is 0.354. The van der Waals surface area contributed by atoms with Crippen LogP contribution in [0.2, 0.25) is 0 Å². The van der Waals surface area contributed by atoms with Crippen LogP contribution in [0, 0.1) is 5.82 Å². The highest BCUT2D eigenvalue weighted by molar-refractivity contribution is 9.10. The van der Waals surface area contributed by atoms with Gasteiger partial charge < -0.3 is 15.8 Å². The van der Waals surface area contributed by atoms with Gasteiger partial charge in [0.2, 0.25) is 0 Å². The van der Waals surface area contributed by atoms with Crippen LogP contribution in [0.3, 0.4) is 0 Å². The zero-order valence-corrected chi connectivity index (χ0v) is 12.9. The van der Waals surface area contributed by atoms with Gasteiger partial charge in [0, 0.05) is 11.0 Å². The molecule has 4 nitrogen and oxygen atoms in total. The van der Waals surface area contributed by atoms with E-state index in [1.165, 1.54) is 12.1 Å². The van der Waals surface area contributed by atoms with Gasteiger partial charge in [-0.2, -0.15) is 0 Å². The van der Waals surface area contributed by atoms with Crippen LogP contribution in [0.15, 0.2) is 40.9 Å². The maximum atomic E-state index is 13.2. The SMILES string of the molecule is COc1ccc(CNC(=O)c2cc(N)c(F)cc2Br)cc1. The second-order valence-corrected chi connectivity index (χ2v) is 5.24. The molecule has 0 fully saturated rings. The summed E-state index contributed by atoms with van der Waals surface area (Å²) in [6, 6.07) is 9.82. The first-order valence-corrected chi connectivity index (χ1v) is 6.96. The Balaban J connectivity index is 2.06. The minimum Gasteiger partial charge on any atom is -0.497 e. The monoisotopic (exact) mass is 352 g/mol. The van der Waals surface area contributed by atoms with Crippen LogP contribution in [0.5, 0.6) is 5.75 Å². The standard InChI is InChI=1S/C15H14BrFN2O2/c1-21-10-4-2-9(3-5-10)8-19-15(20)11-6-14(18)13(17)7-12(11)16/h2-7H,8,18H2,1H3,(H,19,20). The van der Waals surface area contributed by atoms with Crippen LogP contribution in [0.25, 0.3) is 0 Å². The van der Waals surface area contributed by atoms with Crippen molar-refractivity contribution < 1.29 is 13.9 Å². The normalized spacial score (nSPS) is 10.2. The van der Waals surface area contributed by atoms with Crippen LogP contribution in [-0.4, -0.2) is 13.0 Å². The molecule has 0 spiro atoms. The number of methoxy groups -OCH3 is 1. The Morgan fingerprint density at radius 2 is 2.00 bits per heavy atom. The fraction of sp³-hybridized carbons (Fsp3) is 0.133. The second-order valence-electron chi connectivity index (χ2n) is 4.38. The molecular formula is C15H14BrFN2O2. The molecule has 21 heavy (non-hydrogen) atoms. The molecule has 0 radical (unpaired) electrons. The van der Waals surface area contributed by atoms with Gasteiger partial charge in [-0.25, -0.2) is 4.39 Å². The summed E-state index contributed by atoms with van der Waals surface area (Å²) < 4.78 is 18.7. The first-order valence-electron chi connectivity index (χ1n) is 6.17. The number of nitrogens with one attached hydrogen (secondary N) is 1. The zero-order chi connectivity index (χ0) is 15.4. The molecule has 6 heteroatoms. The summed E-state index contributed by atoms with van der Waals surface area (Å²) in [5.74, 6) is -0.142. The van der Waals surface area contributed by atoms with Gasteiger partial charge >= 0.3 is 0 Å². The first kappa shape index (κ1) is 15.3. The van der Waals surface area contributed by atoms with E-state index in [1.54, 1.807) is 7.11 Å². The van der Waals surface area contributed by atoms with Crippen LogP contribution < -0.4 is 15.8 Å². The maximum Gasteiger partial charge on any atom is 0.252 e. The number of hydrogen-bond acceptors (Lipinski definition) is 3. The highest BCUT2D eigenvalue weighted by Crippen LogP contribution is 2.22. The molecule has 2 aromatic rings. The number of hydrogen-bond donors (Lipinski definition) is 2. The number of benzene rings is 2. The molecule has 110 valence electrons. The number of rotatable bonds is 4. The number of carbonyl (C=O) groups is 1. The van der Waals surface area contributed by atoms with E-state index >= 15 is 0 Å². The van der Waals surface area contributed by atoms with Gasteiger partial charge in [-0.3, -0.25) is 4.79 Å². The molecule has 2 aromatic carbocycles. The molecule has 2 rings (SSSR count). The van der Waals surface area contributed by atoms with Crippen molar-refractivity contribution in [2.24, 2.45) is 0 Å². The van der Waals surface area contributed by atoms with Crippen molar-refractivity contribution >= 4 is 27.5 Å². The van der Waals surface area contributed by atoms with Crippen molar-refractivity contribution in [1.29, 1.82) is 0 Å². The Hall–Kier alpha value is -2.08. The summed E-state index contributed by atoms with van der Waals surface area (Å²) in [7, 11) is 1.59. The molecule has 0 aliphatic carbocycles. The summed E-state index contributed by atoms with van der Waals surface area (Å²) in [4.78, 5) is 12.1. The number of nitrogens with two attached hydrogens (primary N) is 1. The van der Waals surface area contributed by atoms with E-state index in [-0.39, 0.29) is 11.6 Å². The molecule has 0 aromatic heterocycles. The third kappa shape index (κ3) is 3.72. The van der Waals surface area contributed by atoms with Gasteiger partial charge in [0.1, 0.15) is 11.6 Å². The number of amides is 1.